The molecule has 21 heavy (non-hydrogen) atoms. The minimum Gasteiger partial charge on any atom is -0.366 e. The van der Waals surface area contributed by atoms with Crippen LogP contribution in [0.1, 0.15) is 24.1 Å². The molecule has 0 aromatic carbocycles. The van der Waals surface area contributed by atoms with Crippen LogP contribution in [0.4, 0.5) is 11.5 Å². The highest BCUT2D eigenvalue weighted by Crippen LogP contribution is 2.36. The van der Waals surface area contributed by atoms with Crippen LogP contribution in [0.5, 0.6) is 0 Å². The first-order valence-corrected chi connectivity index (χ1v) is 7.67. The molecule has 2 aromatic heterocycles. The SMILES string of the molecule is Cc1cc(-c2nc3c(cc2C)N2CCC[C@@H](C2)N3)ccn1. The molecule has 0 spiro atoms. The molecule has 2 aromatic rings. The predicted molar refractivity (Wildman–Crippen MR) is 85.8 cm³/mol. The van der Waals surface area contributed by atoms with E-state index in [-0.39, 0.29) is 0 Å². The van der Waals surface area contributed by atoms with Crippen LogP contribution in [-0.4, -0.2) is 29.1 Å². The number of hydrogen-bond acceptors (Lipinski definition) is 4. The highest BCUT2D eigenvalue weighted by Gasteiger charge is 2.29. The van der Waals surface area contributed by atoms with Crippen LogP contribution in [0.3, 0.4) is 0 Å². The van der Waals surface area contributed by atoms with Crippen LogP contribution in [0.15, 0.2) is 24.4 Å². The first kappa shape index (κ1) is 12.6. The Morgan fingerprint density at radius 1 is 1.29 bits per heavy atom. The zero-order valence-electron chi connectivity index (χ0n) is 12.6. The van der Waals surface area contributed by atoms with E-state index < -0.39 is 0 Å². The molecule has 0 amide bonds. The summed E-state index contributed by atoms with van der Waals surface area (Å²) in [6, 6.07) is 6.97. The molecule has 2 aliphatic heterocycles. The number of anilines is 2. The molecule has 4 heterocycles. The Morgan fingerprint density at radius 3 is 3.05 bits per heavy atom. The molecule has 4 heteroatoms. The molecule has 2 bridgehead atoms. The monoisotopic (exact) mass is 280 g/mol. The maximum Gasteiger partial charge on any atom is 0.150 e. The Hall–Kier alpha value is -2.10. The van der Waals surface area contributed by atoms with Crippen LogP contribution >= 0.6 is 0 Å². The molecule has 4 rings (SSSR count). The maximum atomic E-state index is 4.93. The van der Waals surface area contributed by atoms with Gasteiger partial charge in [-0.1, -0.05) is 0 Å². The van der Waals surface area contributed by atoms with Gasteiger partial charge in [-0.25, -0.2) is 4.98 Å². The molecule has 1 saturated heterocycles. The third kappa shape index (κ3) is 2.15. The number of rotatable bonds is 1. The fourth-order valence-corrected chi connectivity index (χ4v) is 3.44. The van der Waals surface area contributed by atoms with Crippen LogP contribution in [0.2, 0.25) is 0 Å². The van der Waals surface area contributed by atoms with Gasteiger partial charge in [0.25, 0.3) is 0 Å². The summed E-state index contributed by atoms with van der Waals surface area (Å²) in [5.41, 5.74) is 5.73. The zero-order chi connectivity index (χ0) is 14.4. The standard InChI is InChI=1S/C17H20N4/c1-11-8-15-17(19-14-4-3-7-21(15)10-14)20-16(11)13-5-6-18-12(2)9-13/h5-6,8-9,14H,3-4,7,10H2,1-2H3,(H,19,20)/t14-/m0/s1. The van der Waals surface area contributed by atoms with Gasteiger partial charge >= 0.3 is 0 Å². The smallest absolute Gasteiger partial charge is 0.150 e. The molecule has 0 unspecified atom stereocenters. The number of aromatic nitrogens is 2. The normalized spacial score (nSPS) is 19.9. The lowest BCUT2D eigenvalue weighted by atomic mass is 10.00. The molecule has 2 aliphatic rings. The second-order valence-corrected chi connectivity index (χ2v) is 6.14. The molecule has 0 radical (unpaired) electrons. The van der Waals surface area contributed by atoms with Gasteiger partial charge < -0.3 is 10.2 Å². The van der Waals surface area contributed by atoms with Crippen molar-refractivity contribution in [3.05, 3.63) is 35.7 Å². The molecule has 1 fully saturated rings. The molecule has 4 nitrogen and oxygen atoms in total. The van der Waals surface area contributed by atoms with Gasteiger partial charge in [0.15, 0.2) is 5.82 Å². The van der Waals surface area contributed by atoms with Gasteiger partial charge in [-0.3, -0.25) is 4.98 Å². The third-order valence-electron chi connectivity index (χ3n) is 4.47. The van der Waals surface area contributed by atoms with Gasteiger partial charge in [-0.15, -0.1) is 0 Å². The van der Waals surface area contributed by atoms with E-state index in [2.05, 4.69) is 34.3 Å². The Bertz CT molecular complexity index is 695. The number of nitrogens with one attached hydrogen (secondary N) is 1. The van der Waals surface area contributed by atoms with E-state index in [0.717, 1.165) is 35.9 Å². The van der Waals surface area contributed by atoms with Gasteiger partial charge in [0.1, 0.15) is 0 Å². The predicted octanol–water partition coefficient (Wildman–Crippen LogP) is 3.15. The Labute approximate surface area is 125 Å². The molecule has 1 atom stereocenters. The number of nitrogens with zero attached hydrogens (tertiary/aromatic N) is 3. The molecule has 0 saturated carbocycles. The molecule has 0 aliphatic carbocycles. The second-order valence-electron chi connectivity index (χ2n) is 6.14. The quantitative estimate of drug-likeness (QED) is 0.871. The number of hydrogen-bond donors (Lipinski definition) is 1. The van der Waals surface area contributed by atoms with Crippen molar-refractivity contribution in [2.75, 3.05) is 23.3 Å². The van der Waals surface area contributed by atoms with E-state index in [1.807, 2.05) is 19.2 Å². The van der Waals surface area contributed by atoms with E-state index in [1.165, 1.54) is 24.1 Å². The fraction of sp³-hybridized carbons (Fsp3) is 0.412. The van der Waals surface area contributed by atoms with Gasteiger partial charge in [-0.2, -0.15) is 0 Å². The average molecular weight is 280 g/mol. The van der Waals surface area contributed by atoms with E-state index in [4.69, 9.17) is 4.98 Å². The van der Waals surface area contributed by atoms with E-state index >= 15 is 0 Å². The van der Waals surface area contributed by atoms with Crippen molar-refractivity contribution in [2.24, 2.45) is 0 Å². The van der Waals surface area contributed by atoms with Gasteiger partial charge in [0.05, 0.1) is 11.4 Å². The van der Waals surface area contributed by atoms with Crippen LogP contribution in [0.25, 0.3) is 11.3 Å². The topological polar surface area (TPSA) is 41.1 Å². The Kier molecular flexibility index (Phi) is 2.84. The summed E-state index contributed by atoms with van der Waals surface area (Å²) in [4.78, 5) is 11.7. The Morgan fingerprint density at radius 2 is 2.19 bits per heavy atom. The zero-order valence-corrected chi connectivity index (χ0v) is 12.6. The van der Waals surface area contributed by atoms with Gasteiger partial charge in [0, 0.05) is 36.6 Å². The van der Waals surface area contributed by atoms with Crippen molar-refractivity contribution in [1.82, 2.24) is 9.97 Å². The molecular weight excluding hydrogens is 260 g/mol. The first-order chi connectivity index (χ1) is 10.2. The van der Waals surface area contributed by atoms with Crippen molar-refractivity contribution in [1.29, 1.82) is 0 Å². The van der Waals surface area contributed by atoms with Crippen LogP contribution < -0.4 is 10.2 Å². The Balaban J connectivity index is 1.82. The van der Waals surface area contributed by atoms with Gasteiger partial charge in [0.2, 0.25) is 0 Å². The summed E-state index contributed by atoms with van der Waals surface area (Å²) in [6.45, 7) is 6.43. The average Bonchev–Trinajstić information content (AvgIpc) is 2.48. The van der Waals surface area contributed by atoms with Crippen molar-refractivity contribution >= 4 is 11.5 Å². The van der Waals surface area contributed by atoms with Crippen molar-refractivity contribution < 1.29 is 0 Å². The van der Waals surface area contributed by atoms with E-state index in [0.29, 0.717) is 6.04 Å². The molecule has 108 valence electrons. The van der Waals surface area contributed by atoms with Crippen molar-refractivity contribution in [3.63, 3.8) is 0 Å². The third-order valence-corrected chi connectivity index (χ3v) is 4.47. The molecular formula is C17H20N4. The van der Waals surface area contributed by atoms with Crippen LogP contribution in [0, 0.1) is 13.8 Å². The maximum absolute atomic E-state index is 4.93. The number of piperidine rings is 1. The van der Waals surface area contributed by atoms with Crippen LogP contribution in [-0.2, 0) is 0 Å². The van der Waals surface area contributed by atoms with E-state index in [9.17, 15) is 0 Å². The van der Waals surface area contributed by atoms with Gasteiger partial charge in [-0.05, 0) is 50.5 Å². The lowest BCUT2D eigenvalue weighted by Gasteiger charge is -2.41. The summed E-state index contributed by atoms with van der Waals surface area (Å²) >= 11 is 0. The second kappa shape index (κ2) is 4.72. The van der Waals surface area contributed by atoms with Crippen molar-refractivity contribution in [2.45, 2.75) is 32.7 Å². The fourth-order valence-electron chi connectivity index (χ4n) is 3.44. The number of pyridine rings is 2. The summed E-state index contributed by atoms with van der Waals surface area (Å²) in [6.07, 6.45) is 4.37. The van der Waals surface area contributed by atoms with E-state index in [1.54, 1.807) is 0 Å². The lowest BCUT2D eigenvalue weighted by Crippen LogP contribution is -2.46. The highest BCUT2D eigenvalue weighted by atomic mass is 15.2. The summed E-state index contributed by atoms with van der Waals surface area (Å²) < 4.78 is 0. The lowest BCUT2D eigenvalue weighted by molar-refractivity contribution is 0.515. The summed E-state index contributed by atoms with van der Waals surface area (Å²) in [5.74, 6) is 1.04. The largest absolute Gasteiger partial charge is 0.366 e. The van der Waals surface area contributed by atoms with Crippen molar-refractivity contribution in [3.8, 4) is 11.3 Å². The summed E-state index contributed by atoms with van der Waals surface area (Å²) in [7, 11) is 0. The number of aryl methyl sites for hydroxylation is 2. The minimum absolute atomic E-state index is 0.550. The highest BCUT2D eigenvalue weighted by molar-refractivity contribution is 5.76. The minimum atomic E-state index is 0.550. The molecule has 1 N–H and O–H groups in total. The summed E-state index contributed by atoms with van der Waals surface area (Å²) in [5, 5.41) is 3.61. The first-order valence-electron chi connectivity index (χ1n) is 7.67. The number of fused-ring (bicyclic) bond motifs is 4.